The van der Waals surface area contributed by atoms with E-state index in [2.05, 4.69) is 10.4 Å². The lowest BCUT2D eigenvalue weighted by molar-refractivity contribution is -0.124. The van der Waals surface area contributed by atoms with Gasteiger partial charge in [-0.25, -0.2) is 9.48 Å². The van der Waals surface area contributed by atoms with Crippen LogP contribution in [0.4, 0.5) is 0 Å². The molecule has 3 rings (SSSR count). The number of aromatic nitrogens is 2. The third kappa shape index (κ3) is 6.82. The first-order chi connectivity index (χ1) is 14.9. The summed E-state index contributed by atoms with van der Waals surface area (Å²) in [5.74, 6) is -0.859. The molecule has 0 bridgehead atoms. The van der Waals surface area contributed by atoms with Gasteiger partial charge in [-0.05, 0) is 24.3 Å². The second-order valence-corrected chi connectivity index (χ2v) is 8.33. The highest BCUT2D eigenvalue weighted by Crippen LogP contribution is 2.23. The maximum Gasteiger partial charge on any atom is 0.356 e. The summed E-state index contributed by atoms with van der Waals surface area (Å²) in [5.41, 5.74) is 0.955. The van der Waals surface area contributed by atoms with Crippen molar-refractivity contribution in [1.29, 1.82) is 0 Å². The molecule has 0 radical (unpaired) electrons. The van der Waals surface area contributed by atoms with Crippen molar-refractivity contribution in [2.24, 2.45) is 5.92 Å². The Morgan fingerprint density at radius 3 is 2.68 bits per heavy atom. The number of ether oxygens (including phenoxy) is 2. The fraction of sp³-hybridized carbons (Fsp3) is 0.522. The Kier molecular flexibility index (Phi) is 8.06. The van der Waals surface area contributed by atoms with Crippen molar-refractivity contribution >= 4 is 11.9 Å². The molecule has 2 atom stereocenters. The molecule has 31 heavy (non-hydrogen) atoms. The highest BCUT2D eigenvalue weighted by molar-refractivity contribution is 5.85. The van der Waals surface area contributed by atoms with Crippen molar-refractivity contribution < 1.29 is 24.2 Å². The molecule has 0 aliphatic heterocycles. The fourth-order valence-electron chi connectivity index (χ4n) is 3.61. The van der Waals surface area contributed by atoms with Gasteiger partial charge >= 0.3 is 5.97 Å². The predicted molar refractivity (Wildman–Crippen MR) is 115 cm³/mol. The van der Waals surface area contributed by atoms with Gasteiger partial charge in [0.1, 0.15) is 6.54 Å². The lowest BCUT2D eigenvalue weighted by Gasteiger charge is -2.32. The number of carbonyl (C=O) groups is 2. The van der Waals surface area contributed by atoms with Crippen molar-refractivity contribution in [2.75, 3.05) is 6.61 Å². The molecule has 2 N–H and O–H groups in total. The molecule has 8 nitrogen and oxygen atoms in total. The van der Waals surface area contributed by atoms with Crippen molar-refractivity contribution in [3.05, 3.63) is 47.7 Å². The molecule has 1 amide bonds. The zero-order valence-electron chi connectivity index (χ0n) is 18.1. The molecule has 1 aliphatic rings. The van der Waals surface area contributed by atoms with Crippen LogP contribution in [-0.4, -0.2) is 45.5 Å². The van der Waals surface area contributed by atoms with Gasteiger partial charge in [0.05, 0.1) is 25.4 Å². The lowest BCUT2D eigenvalue weighted by Crippen LogP contribution is -2.47. The van der Waals surface area contributed by atoms with Crippen LogP contribution < -0.4 is 10.1 Å². The molecule has 1 fully saturated rings. The summed E-state index contributed by atoms with van der Waals surface area (Å²) in [6, 6.07) is 11.2. The lowest BCUT2D eigenvalue weighted by atomic mass is 9.92. The van der Waals surface area contributed by atoms with E-state index in [1.54, 1.807) is 0 Å². The zero-order chi connectivity index (χ0) is 22.2. The van der Waals surface area contributed by atoms with Gasteiger partial charge in [-0.15, -0.1) is 0 Å². The molecular formula is C23H31N3O5. The Morgan fingerprint density at radius 1 is 1.23 bits per heavy atom. The van der Waals surface area contributed by atoms with Gasteiger partial charge in [0, 0.05) is 6.07 Å². The standard InChI is InChI=1S/C23H31N3O5/c1-16(2)14-31-22-12-19(23(28)29)25-26(22)13-21(27)24-18-10-6-7-11-20(18)30-15-17-8-4-3-5-9-17/h3-5,8-9,12,16,18,20H,6-7,10-11,13-15H2,1-2H3,(H,24,27)(H,28,29)/t18-,20-/m0/s1. The van der Waals surface area contributed by atoms with Crippen LogP contribution in [-0.2, 0) is 22.7 Å². The van der Waals surface area contributed by atoms with E-state index in [4.69, 9.17) is 9.47 Å². The molecule has 1 saturated carbocycles. The van der Waals surface area contributed by atoms with Gasteiger partial charge in [0.15, 0.2) is 5.69 Å². The molecule has 1 aromatic heterocycles. The van der Waals surface area contributed by atoms with Gasteiger partial charge in [-0.2, -0.15) is 5.10 Å². The number of aromatic carboxylic acids is 1. The molecule has 1 heterocycles. The van der Waals surface area contributed by atoms with E-state index in [0.717, 1.165) is 31.2 Å². The predicted octanol–water partition coefficient (Wildman–Crippen LogP) is 3.26. The molecule has 0 spiro atoms. The average molecular weight is 430 g/mol. The van der Waals surface area contributed by atoms with Gasteiger partial charge in [-0.3, -0.25) is 4.79 Å². The number of carboxylic acids is 1. The number of hydrogen-bond acceptors (Lipinski definition) is 5. The van der Waals surface area contributed by atoms with Gasteiger partial charge < -0.3 is 19.9 Å². The van der Waals surface area contributed by atoms with Crippen LogP contribution in [0.3, 0.4) is 0 Å². The van der Waals surface area contributed by atoms with E-state index in [0.29, 0.717) is 13.2 Å². The number of nitrogens with one attached hydrogen (secondary N) is 1. The number of carboxylic acid groups (broad SMARTS) is 1. The minimum absolute atomic E-state index is 0.0539. The van der Waals surface area contributed by atoms with Crippen LogP contribution in [0.1, 0.15) is 55.6 Å². The first-order valence-electron chi connectivity index (χ1n) is 10.8. The molecule has 1 aliphatic carbocycles. The monoisotopic (exact) mass is 429 g/mol. The SMILES string of the molecule is CC(C)COc1cc(C(=O)O)nn1CC(=O)N[C@H]1CCCC[C@@H]1OCc1ccccc1. The molecule has 168 valence electrons. The van der Waals surface area contributed by atoms with E-state index < -0.39 is 5.97 Å². The summed E-state index contributed by atoms with van der Waals surface area (Å²) in [6.45, 7) is 4.79. The number of nitrogens with zero attached hydrogens (tertiary/aromatic N) is 2. The first kappa shape index (κ1) is 22.8. The van der Waals surface area contributed by atoms with Crippen molar-refractivity contribution in [3.8, 4) is 5.88 Å². The number of amides is 1. The van der Waals surface area contributed by atoms with Crippen molar-refractivity contribution in [3.63, 3.8) is 0 Å². The van der Waals surface area contributed by atoms with Crippen LogP contribution in [0.25, 0.3) is 0 Å². The minimum Gasteiger partial charge on any atom is -0.478 e. The highest BCUT2D eigenvalue weighted by atomic mass is 16.5. The number of hydrogen-bond donors (Lipinski definition) is 2. The third-order valence-electron chi connectivity index (χ3n) is 5.18. The fourth-order valence-corrected chi connectivity index (χ4v) is 3.61. The van der Waals surface area contributed by atoms with Crippen LogP contribution in [0.2, 0.25) is 0 Å². The maximum absolute atomic E-state index is 12.7. The normalized spacial score (nSPS) is 18.7. The first-order valence-corrected chi connectivity index (χ1v) is 10.8. The number of benzene rings is 1. The third-order valence-corrected chi connectivity index (χ3v) is 5.18. The highest BCUT2D eigenvalue weighted by Gasteiger charge is 2.28. The van der Waals surface area contributed by atoms with Crippen molar-refractivity contribution in [1.82, 2.24) is 15.1 Å². The average Bonchev–Trinajstić information content (AvgIpc) is 3.15. The second kappa shape index (κ2) is 10.9. The zero-order valence-corrected chi connectivity index (χ0v) is 18.1. The van der Waals surface area contributed by atoms with Gasteiger partial charge in [-0.1, -0.05) is 57.0 Å². The summed E-state index contributed by atoms with van der Waals surface area (Å²) in [7, 11) is 0. The summed E-state index contributed by atoms with van der Waals surface area (Å²) < 4.78 is 13.1. The van der Waals surface area contributed by atoms with E-state index in [9.17, 15) is 14.7 Å². The topological polar surface area (TPSA) is 103 Å². The number of rotatable bonds is 10. The van der Waals surface area contributed by atoms with Crippen LogP contribution in [0.15, 0.2) is 36.4 Å². The van der Waals surface area contributed by atoms with E-state index in [-0.39, 0.29) is 42.1 Å². The molecule has 1 aromatic carbocycles. The van der Waals surface area contributed by atoms with Crippen LogP contribution in [0, 0.1) is 5.92 Å². The van der Waals surface area contributed by atoms with E-state index >= 15 is 0 Å². The smallest absolute Gasteiger partial charge is 0.356 e. The van der Waals surface area contributed by atoms with Crippen LogP contribution in [0.5, 0.6) is 5.88 Å². The Morgan fingerprint density at radius 2 is 1.97 bits per heavy atom. The molecule has 0 unspecified atom stereocenters. The number of carbonyl (C=O) groups excluding carboxylic acids is 1. The van der Waals surface area contributed by atoms with E-state index in [1.807, 2.05) is 44.2 Å². The summed E-state index contributed by atoms with van der Waals surface area (Å²) in [6.07, 6.45) is 3.79. The molecule has 8 heteroatoms. The Labute approximate surface area is 182 Å². The summed E-state index contributed by atoms with van der Waals surface area (Å²) >= 11 is 0. The second-order valence-electron chi connectivity index (χ2n) is 8.33. The maximum atomic E-state index is 12.7. The summed E-state index contributed by atoms with van der Waals surface area (Å²) in [5, 5.41) is 16.3. The Balaban J connectivity index is 1.61. The Hall–Kier alpha value is -2.87. The van der Waals surface area contributed by atoms with Crippen LogP contribution >= 0.6 is 0 Å². The molecular weight excluding hydrogens is 398 g/mol. The Bertz CT molecular complexity index is 865. The summed E-state index contributed by atoms with van der Waals surface area (Å²) in [4.78, 5) is 24.0. The molecule has 2 aromatic rings. The molecule has 0 saturated heterocycles. The van der Waals surface area contributed by atoms with Gasteiger partial charge in [0.2, 0.25) is 11.8 Å². The van der Waals surface area contributed by atoms with Crippen molar-refractivity contribution in [2.45, 2.75) is 64.8 Å². The minimum atomic E-state index is -1.16. The quantitative estimate of drug-likeness (QED) is 0.601. The van der Waals surface area contributed by atoms with Gasteiger partial charge in [0.25, 0.3) is 0 Å². The largest absolute Gasteiger partial charge is 0.478 e. The van der Waals surface area contributed by atoms with E-state index in [1.165, 1.54) is 10.7 Å².